The van der Waals surface area contributed by atoms with Crippen molar-refractivity contribution in [3.05, 3.63) is 67.7 Å². The van der Waals surface area contributed by atoms with Gasteiger partial charge in [-0.05, 0) is 18.1 Å². The number of ether oxygens (including phenoxy) is 3. The number of unbranched alkanes of at least 4 members (excludes halogenated alkanes) is 2. The molecule has 0 saturated heterocycles. The van der Waals surface area contributed by atoms with Crippen molar-refractivity contribution in [3.8, 4) is 0 Å². The van der Waals surface area contributed by atoms with Gasteiger partial charge in [0.2, 0.25) is 0 Å². The molecule has 16 heteroatoms. The number of aliphatic hydroxyl groups excluding tert-OH is 4. The van der Waals surface area contributed by atoms with Gasteiger partial charge in [0.1, 0.15) is 0 Å². The molecule has 0 spiro atoms. The molecule has 0 rings (SSSR count). The van der Waals surface area contributed by atoms with Gasteiger partial charge >= 0.3 is 5.97 Å². The molecule has 0 heterocycles. The summed E-state index contributed by atoms with van der Waals surface area (Å²) < 4.78 is 14.1. The SMILES string of the molecule is C=C([O-])CCCCC[C@@]([CH2-])(O)[C@@H](O)C[CH2-].[CH2-]C[C@H](O)[C@H]([CH2-])O.[CH2-]C[C@H](O)[C@H]([CH2-])OC(C)=O.[CH2-]C[C@H](OC(C)=O)[C@H]([CH2-])OC(C)=O.[Y].[Y].[Y].[Y]. The predicted molar refractivity (Wildman–Crippen MR) is 169 cm³/mol. The van der Waals surface area contributed by atoms with Crippen molar-refractivity contribution in [2.75, 3.05) is 0 Å². The summed E-state index contributed by atoms with van der Waals surface area (Å²) in [4.78, 5) is 31.4. The minimum absolute atomic E-state index is 0. The molecule has 0 aliphatic carbocycles. The van der Waals surface area contributed by atoms with Crippen LogP contribution in [0.25, 0.3) is 0 Å². The maximum Gasteiger partial charge on any atom is 0.302 e. The average molecular weight is 1000 g/mol. The van der Waals surface area contributed by atoms with Crippen molar-refractivity contribution in [3.63, 3.8) is 0 Å². The normalized spacial score (nSPS) is 15.0. The first-order valence-corrected chi connectivity index (χ1v) is 14.5. The van der Waals surface area contributed by atoms with E-state index in [1.807, 2.05) is 0 Å². The Morgan fingerprint density at radius 1 is 0.694 bits per heavy atom. The molecule has 49 heavy (non-hydrogen) atoms. The molecule has 0 aliphatic heterocycles. The fourth-order valence-electron chi connectivity index (χ4n) is 2.86. The van der Waals surface area contributed by atoms with E-state index in [0.29, 0.717) is 32.1 Å². The Hall–Kier alpha value is 2.17. The number of carbonyl (C=O) groups is 3. The Morgan fingerprint density at radius 3 is 1.39 bits per heavy atom. The zero-order valence-corrected chi connectivity index (χ0v) is 41.0. The second-order valence-corrected chi connectivity index (χ2v) is 10.0. The van der Waals surface area contributed by atoms with Crippen LogP contribution < -0.4 is 5.11 Å². The number of hydrogen-bond acceptors (Lipinski definition) is 12. The third kappa shape index (κ3) is 48.1. The van der Waals surface area contributed by atoms with Gasteiger partial charge in [-0.3, -0.25) is 21.3 Å². The summed E-state index contributed by atoms with van der Waals surface area (Å²) in [6.07, 6.45) is -0.831. The molecule has 0 fully saturated rings. The van der Waals surface area contributed by atoms with E-state index in [9.17, 15) is 29.7 Å². The summed E-state index contributed by atoms with van der Waals surface area (Å²) in [5.74, 6) is -1.38. The number of hydrogen-bond donors (Lipinski definition) is 5. The fourth-order valence-corrected chi connectivity index (χ4v) is 2.86. The summed E-state index contributed by atoms with van der Waals surface area (Å²) in [5.41, 5.74) is -1.31. The second kappa shape index (κ2) is 42.9. The molecule has 5 N–H and O–H groups in total. The molecule has 0 amide bonds. The van der Waals surface area contributed by atoms with E-state index in [1.54, 1.807) is 0 Å². The van der Waals surface area contributed by atoms with Crippen LogP contribution >= 0.6 is 0 Å². The van der Waals surface area contributed by atoms with Crippen molar-refractivity contribution in [2.24, 2.45) is 0 Å². The molecule has 0 unspecified atom stereocenters. The molecule has 0 aromatic rings. The third-order valence-corrected chi connectivity index (χ3v) is 5.58. The summed E-state index contributed by atoms with van der Waals surface area (Å²) in [6, 6.07) is 0. The fraction of sp³-hybridized carbons (Fsp3) is 0.606. The molecule has 0 aromatic heterocycles. The predicted octanol–water partition coefficient (Wildman–Crippen LogP) is 1.96. The minimum Gasteiger partial charge on any atom is -0.876 e. The Kier molecular flexibility index (Phi) is 60.5. The number of carbonyl (C=O) groups excluding carboxylic acids is 3. The van der Waals surface area contributed by atoms with Crippen molar-refractivity contribution in [1.82, 2.24) is 0 Å². The number of esters is 3. The molecule has 8 atom stereocenters. The Morgan fingerprint density at radius 2 is 1.10 bits per heavy atom. The van der Waals surface area contributed by atoms with Crippen LogP contribution in [0.3, 0.4) is 0 Å². The van der Waals surface area contributed by atoms with Crippen LogP contribution in [0.5, 0.6) is 0 Å². The molecule has 12 nitrogen and oxygen atoms in total. The number of allylic oxidation sites excluding steroid dienone is 1. The first kappa shape index (κ1) is 69.1. The van der Waals surface area contributed by atoms with E-state index in [0.717, 1.165) is 19.3 Å². The topological polar surface area (TPSA) is 203 Å². The van der Waals surface area contributed by atoms with E-state index in [4.69, 9.17) is 24.8 Å². The molecule has 282 valence electrons. The van der Waals surface area contributed by atoms with Gasteiger partial charge in [-0.25, -0.2) is 0 Å². The number of aliphatic hydroxyl groups is 5. The maximum atomic E-state index is 10.6. The van der Waals surface area contributed by atoms with Crippen molar-refractivity contribution < 1.29 is 190 Å². The minimum atomic E-state index is -1.31. The van der Waals surface area contributed by atoms with Crippen LogP contribution in [0, 0.1) is 55.4 Å². The summed E-state index contributed by atoms with van der Waals surface area (Å²) in [5, 5.41) is 55.6. The van der Waals surface area contributed by atoms with Gasteiger partial charge in [0.25, 0.3) is 11.9 Å². The van der Waals surface area contributed by atoms with Crippen LogP contribution in [0.4, 0.5) is 0 Å². The van der Waals surface area contributed by atoms with Gasteiger partial charge in [0, 0.05) is 182 Å². The van der Waals surface area contributed by atoms with Crippen molar-refractivity contribution in [2.45, 2.75) is 127 Å². The third-order valence-electron chi connectivity index (χ3n) is 5.58. The van der Waals surface area contributed by atoms with Crippen LogP contribution in [0.1, 0.15) is 78.6 Å². The Bertz CT molecular complexity index is 789. The van der Waals surface area contributed by atoms with Gasteiger partial charge in [0.15, 0.2) is 0 Å². The van der Waals surface area contributed by atoms with E-state index in [-0.39, 0.29) is 143 Å². The number of rotatable bonds is 17. The van der Waals surface area contributed by atoms with Gasteiger partial charge < -0.3 is 93.3 Å². The van der Waals surface area contributed by atoms with Gasteiger partial charge in [-0.1, -0.05) is 25.7 Å². The standard InChI is InChI=1S/C12H22O3.C9H14O4.C7H12O3.C5H10O2.4Y/c1-4-11(14)12(3,15)9-7-5-6-8-10(2)13;1-5-9(13-8(4)11)6(2)12-7(3)10;1-4-7(9)5(2)10-6(3)8;1-3-5(7)4(2)6;;;;/h11,13-15H,1-9H2;6,9H,1-2,5H2,3-4H3;5,7,9H,1-2,4H2,3H3;4-7H,1-3H2;;;;/q4*-2;;;;/p-1/t11-,12+;6-,9-;5-,7-;4-,5-;;;;/m0000..../s1. The molecular weight excluding hydrogens is 944 g/mol. The molecule has 0 aromatic carbocycles. The largest absolute Gasteiger partial charge is 0.876 e. The zero-order chi connectivity index (χ0) is 36.3. The zero-order valence-electron chi connectivity index (χ0n) is 29.7. The summed E-state index contributed by atoms with van der Waals surface area (Å²) >= 11 is 0. The van der Waals surface area contributed by atoms with Crippen molar-refractivity contribution in [1.29, 1.82) is 0 Å². The summed E-state index contributed by atoms with van der Waals surface area (Å²) in [6.45, 7) is 34.7. The van der Waals surface area contributed by atoms with E-state index >= 15 is 0 Å². The first-order valence-electron chi connectivity index (χ1n) is 14.5. The van der Waals surface area contributed by atoms with Crippen LogP contribution in [0.2, 0.25) is 0 Å². The average Bonchev–Trinajstić information content (AvgIpc) is 2.94. The van der Waals surface area contributed by atoms with Crippen LogP contribution in [0.15, 0.2) is 12.3 Å². The van der Waals surface area contributed by atoms with E-state index < -0.39 is 66.2 Å². The monoisotopic (exact) mass is 1000 g/mol. The second-order valence-electron chi connectivity index (χ2n) is 10.0. The molecule has 0 bridgehead atoms. The van der Waals surface area contributed by atoms with Gasteiger partial charge in [0.05, 0.1) is 6.10 Å². The van der Waals surface area contributed by atoms with E-state index in [1.165, 1.54) is 20.8 Å². The molecule has 0 saturated carbocycles. The van der Waals surface area contributed by atoms with Crippen molar-refractivity contribution >= 4 is 17.9 Å². The maximum absolute atomic E-state index is 10.6. The summed E-state index contributed by atoms with van der Waals surface area (Å²) in [7, 11) is 0. The quantitative estimate of drug-likeness (QED) is 0.0467. The van der Waals surface area contributed by atoms with Gasteiger partial charge in [-0.15, -0.1) is 18.8 Å². The first-order chi connectivity index (χ1) is 20.6. The smallest absolute Gasteiger partial charge is 0.302 e. The van der Waals surface area contributed by atoms with Crippen LogP contribution in [-0.2, 0) is 159 Å². The molecular formula is C33H57O12Y4-9. The van der Waals surface area contributed by atoms with Crippen LogP contribution in [-0.4, -0.2) is 91.8 Å². The molecule has 0 aliphatic rings. The van der Waals surface area contributed by atoms with E-state index in [2.05, 4.69) is 66.7 Å². The van der Waals surface area contributed by atoms with Gasteiger partial charge in [-0.2, -0.15) is 19.3 Å². The Labute approximate surface area is 397 Å². The molecule has 4 radical (unpaired) electrons. The Balaban J connectivity index is -0.0000000764.